The van der Waals surface area contributed by atoms with E-state index < -0.39 is 46.8 Å². The summed E-state index contributed by atoms with van der Waals surface area (Å²) < 4.78 is 26.7. The topological polar surface area (TPSA) is 109 Å². The van der Waals surface area contributed by atoms with Crippen LogP contribution in [0.3, 0.4) is 0 Å². The number of hydrogen-bond donors (Lipinski definition) is 0. The molecule has 0 spiro atoms. The van der Waals surface area contributed by atoms with E-state index in [1.807, 2.05) is 0 Å². The van der Waals surface area contributed by atoms with Crippen LogP contribution >= 0.6 is 0 Å². The summed E-state index contributed by atoms with van der Waals surface area (Å²) in [5.41, 5.74) is 3.90. The van der Waals surface area contributed by atoms with Gasteiger partial charge in [-0.3, -0.25) is 28.8 Å². The highest BCUT2D eigenvalue weighted by Crippen LogP contribution is 2.32. The first-order chi connectivity index (χ1) is 25.6. The van der Waals surface area contributed by atoms with Crippen LogP contribution in [0.15, 0.2) is 133 Å². The second kappa shape index (κ2) is 12.8. The molecule has 8 rings (SSSR count). The van der Waals surface area contributed by atoms with Gasteiger partial charge in [-0.1, -0.05) is 36.4 Å². The van der Waals surface area contributed by atoms with Gasteiger partial charge in [0, 0.05) is 22.3 Å². The lowest BCUT2D eigenvalue weighted by atomic mass is 9.99. The number of ketones is 2. The molecule has 0 fully saturated rings. The summed E-state index contributed by atoms with van der Waals surface area (Å²) in [6.45, 7) is 0. The summed E-state index contributed by atoms with van der Waals surface area (Å²) in [5, 5.41) is 0. The smallest absolute Gasteiger partial charge is 0.266 e. The second-order valence-corrected chi connectivity index (χ2v) is 12.6. The molecule has 2 aliphatic rings. The lowest BCUT2D eigenvalue weighted by molar-refractivity contribution is 0.0910. The van der Waals surface area contributed by atoms with Crippen molar-refractivity contribution in [1.29, 1.82) is 0 Å². The number of fused-ring (bicyclic) bond motifs is 2. The Balaban J connectivity index is 0.945. The van der Waals surface area contributed by atoms with Crippen molar-refractivity contribution in [3.05, 3.63) is 201 Å². The van der Waals surface area contributed by atoms with Crippen LogP contribution in [0.2, 0.25) is 0 Å². The third-order valence-electron chi connectivity index (χ3n) is 9.31. The molecule has 0 saturated carbocycles. The van der Waals surface area contributed by atoms with E-state index in [0.29, 0.717) is 17.8 Å². The van der Waals surface area contributed by atoms with Crippen LogP contribution in [0.4, 0.5) is 20.2 Å². The van der Waals surface area contributed by atoms with Gasteiger partial charge in [0.15, 0.2) is 11.6 Å². The maximum absolute atomic E-state index is 13.4. The first-order valence-corrected chi connectivity index (χ1v) is 16.4. The largest absolute Gasteiger partial charge is 0.289 e. The molecule has 0 aromatic heterocycles. The molecular formula is C43H24F2N2O6. The molecule has 0 saturated heterocycles. The molecule has 0 unspecified atom stereocenters. The summed E-state index contributed by atoms with van der Waals surface area (Å²) in [4.78, 5) is 81.3. The number of rotatable bonds is 8. The first-order valence-electron chi connectivity index (χ1n) is 16.4. The summed E-state index contributed by atoms with van der Waals surface area (Å²) in [7, 11) is 0. The number of imide groups is 2. The average Bonchev–Trinajstić information content (AvgIpc) is 3.58. The predicted octanol–water partition coefficient (Wildman–Crippen LogP) is 7.62. The van der Waals surface area contributed by atoms with Gasteiger partial charge >= 0.3 is 0 Å². The molecular weight excluding hydrogens is 678 g/mol. The number of hydrogen-bond acceptors (Lipinski definition) is 6. The maximum atomic E-state index is 13.4. The van der Waals surface area contributed by atoms with E-state index in [-0.39, 0.29) is 44.5 Å². The van der Waals surface area contributed by atoms with E-state index in [0.717, 1.165) is 20.9 Å². The zero-order chi connectivity index (χ0) is 37.0. The molecule has 2 aliphatic heterocycles. The molecule has 53 heavy (non-hydrogen) atoms. The third-order valence-corrected chi connectivity index (χ3v) is 9.31. The Morgan fingerprint density at radius 2 is 0.717 bits per heavy atom. The number of benzene rings is 6. The van der Waals surface area contributed by atoms with Gasteiger partial charge in [-0.15, -0.1) is 0 Å². The van der Waals surface area contributed by atoms with Gasteiger partial charge in [-0.05, 0) is 115 Å². The van der Waals surface area contributed by atoms with E-state index >= 15 is 0 Å². The number of carbonyl (C=O) groups excluding carboxylic acids is 6. The summed E-state index contributed by atoms with van der Waals surface area (Å²) in [5.74, 6) is -3.92. The van der Waals surface area contributed by atoms with Gasteiger partial charge in [-0.25, -0.2) is 18.6 Å². The first kappa shape index (κ1) is 33.0. The molecule has 0 atom stereocenters. The minimum absolute atomic E-state index is 0.101. The Kier molecular flexibility index (Phi) is 7.99. The maximum Gasteiger partial charge on any atom is 0.266 e. The third kappa shape index (κ3) is 5.81. The Labute approximate surface area is 300 Å². The fourth-order valence-electron chi connectivity index (χ4n) is 6.53. The van der Waals surface area contributed by atoms with Crippen molar-refractivity contribution < 1.29 is 37.5 Å². The van der Waals surface area contributed by atoms with Crippen LogP contribution in [-0.2, 0) is 6.42 Å². The van der Waals surface area contributed by atoms with Crippen LogP contribution in [0.5, 0.6) is 0 Å². The molecule has 6 aromatic carbocycles. The fraction of sp³-hybridized carbons (Fsp3) is 0.0233. The Morgan fingerprint density at radius 1 is 0.396 bits per heavy atom. The van der Waals surface area contributed by atoms with Crippen LogP contribution in [0, 0.1) is 11.6 Å². The lowest BCUT2D eigenvalue weighted by Crippen LogP contribution is -2.29. The van der Waals surface area contributed by atoms with Crippen LogP contribution < -0.4 is 9.80 Å². The highest BCUT2D eigenvalue weighted by atomic mass is 19.1. The highest BCUT2D eigenvalue weighted by molar-refractivity contribution is 6.35. The number of nitrogens with zero attached hydrogens (tertiary/aromatic N) is 2. The number of amides is 4. The molecule has 0 aliphatic carbocycles. The lowest BCUT2D eigenvalue weighted by Gasteiger charge is -2.15. The van der Waals surface area contributed by atoms with Crippen molar-refractivity contribution in [3.8, 4) is 0 Å². The van der Waals surface area contributed by atoms with Gasteiger partial charge in [0.2, 0.25) is 0 Å². The van der Waals surface area contributed by atoms with Gasteiger partial charge in [0.25, 0.3) is 23.6 Å². The van der Waals surface area contributed by atoms with E-state index in [9.17, 15) is 37.5 Å². The Bertz CT molecular complexity index is 2370. The van der Waals surface area contributed by atoms with Crippen LogP contribution in [0.1, 0.15) is 84.4 Å². The van der Waals surface area contributed by atoms with Gasteiger partial charge in [0.05, 0.1) is 33.6 Å². The SMILES string of the molecule is O=C(c1ccc(F)cc1)c1ccc2c(c1)C(=O)N(c1ccc(Cc3ccc(N4C(=O)c5ccc(C(=O)c6ccc(F)cc6)cc5C4=O)cc3)cc1)C2=O. The van der Waals surface area contributed by atoms with Gasteiger partial charge < -0.3 is 0 Å². The number of anilines is 2. The molecule has 256 valence electrons. The zero-order valence-corrected chi connectivity index (χ0v) is 27.5. The predicted molar refractivity (Wildman–Crippen MR) is 191 cm³/mol. The molecule has 4 amide bonds. The van der Waals surface area contributed by atoms with E-state index in [2.05, 4.69) is 0 Å². The zero-order valence-electron chi connectivity index (χ0n) is 27.5. The molecule has 8 nitrogen and oxygen atoms in total. The molecule has 0 bridgehead atoms. The minimum Gasteiger partial charge on any atom is -0.289 e. The van der Waals surface area contributed by atoms with E-state index in [1.165, 1.54) is 84.9 Å². The number of carbonyl (C=O) groups is 6. The van der Waals surface area contributed by atoms with Crippen molar-refractivity contribution in [2.24, 2.45) is 0 Å². The molecule has 0 radical (unpaired) electrons. The quantitative estimate of drug-likeness (QED) is 0.119. The molecule has 6 aromatic rings. The molecule has 2 heterocycles. The van der Waals surface area contributed by atoms with Crippen LogP contribution in [-0.4, -0.2) is 35.2 Å². The number of halogens is 2. The monoisotopic (exact) mass is 702 g/mol. The molecule has 10 heteroatoms. The standard InChI is InChI=1S/C43H24F2N2O6/c44-30-11-5-26(6-12-30)38(48)28-9-19-34-36(22-28)42(52)46(40(34)50)32-15-1-24(2-16-32)21-25-3-17-33(18-4-25)47-41(51)35-20-10-29(23-37(35)43(47)53)39(49)27-7-13-31(45)14-8-27/h1-20,22-23H,21H2. The van der Waals surface area contributed by atoms with Crippen molar-refractivity contribution >= 4 is 46.6 Å². The fourth-order valence-corrected chi connectivity index (χ4v) is 6.53. The summed E-state index contributed by atoms with van der Waals surface area (Å²) in [6, 6.07) is 32.5. The van der Waals surface area contributed by atoms with Crippen molar-refractivity contribution in [3.63, 3.8) is 0 Å². The van der Waals surface area contributed by atoms with Crippen molar-refractivity contribution in [2.75, 3.05) is 9.80 Å². The van der Waals surface area contributed by atoms with Crippen molar-refractivity contribution in [2.45, 2.75) is 6.42 Å². The summed E-state index contributed by atoms with van der Waals surface area (Å²) in [6.07, 6.45) is 0.467. The Hall–Kier alpha value is -7.20. The van der Waals surface area contributed by atoms with Gasteiger partial charge in [-0.2, -0.15) is 0 Å². The van der Waals surface area contributed by atoms with Gasteiger partial charge in [0.1, 0.15) is 11.6 Å². The minimum atomic E-state index is -0.564. The average molecular weight is 703 g/mol. The highest BCUT2D eigenvalue weighted by Gasteiger charge is 2.38. The van der Waals surface area contributed by atoms with Crippen LogP contribution in [0.25, 0.3) is 0 Å². The van der Waals surface area contributed by atoms with E-state index in [4.69, 9.17) is 0 Å². The normalized spacial score (nSPS) is 13.4. The van der Waals surface area contributed by atoms with E-state index in [1.54, 1.807) is 48.5 Å². The molecule has 0 N–H and O–H groups in total. The second-order valence-electron chi connectivity index (χ2n) is 12.6. The van der Waals surface area contributed by atoms with Crippen molar-refractivity contribution in [1.82, 2.24) is 0 Å². The Morgan fingerprint density at radius 3 is 1.08 bits per heavy atom. The summed E-state index contributed by atoms with van der Waals surface area (Å²) >= 11 is 0.